The van der Waals surface area contributed by atoms with Crippen LogP contribution in [0.2, 0.25) is 0 Å². The fourth-order valence-corrected chi connectivity index (χ4v) is 4.50. The number of morpholine rings is 1. The zero-order valence-electron chi connectivity index (χ0n) is 15.6. The second kappa shape index (κ2) is 8.30. The lowest BCUT2D eigenvalue weighted by Crippen LogP contribution is -2.37. The van der Waals surface area contributed by atoms with E-state index in [1.807, 2.05) is 42.5 Å². The summed E-state index contributed by atoms with van der Waals surface area (Å²) in [6.07, 6.45) is 0.585. The fourth-order valence-electron chi connectivity index (χ4n) is 3.38. The molecule has 1 fully saturated rings. The first kappa shape index (κ1) is 18.9. The molecule has 1 aliphatic rings. The van der Waals surface area contributed by atoms with Gasteiger partial charge in [-0.05, 0) is 37.2 Å². The summed E-state index contributed by atoms with van der Waals surface area (Å²) in [5.74, 6) is 0.728. The van der Waals surface area contributed by atoms with Gasteiger partial charge in [0.25, 0.3) is 0 Å². The third kappa shape index (κ3) is 4.52. The number of rotatable bonds is 7. The highest BCUT2D eigenvalue weighted by atomic mass is 32.2. The number of fused-ring (bicyclic) bond motifs is 1. The molecule has 7 nitrogen and oxygen atoms in total. The summed E-state index contributed by atoms with van der Waals surface area (Å²) in [6.45, 7) is 3.92. The maximum absolute atomic E-state index is 12.6. The minimum absolute atomic E-state index is 0.0822. The maximum Gasteiger partial charge on any atom is 0.232 e. The van der Waals surface area contributed by atoms with Gasteiger partial charge in [0, 0.05) is 18.7 Å². The van der Waals surface area contributed by atoms with E-state index >= 15 is 0 Å². The average Bonchev–Trinajstić information content (AvgIpc) is 3.13. The molecule has 2 aromatic carbocycles. The average molecular weight is 401 g/mol. The molecule has 148 valence electrons. The maximum atomic E-state index is 12.6. The third-order valence-electron chi connectivity index (χ3n) is 4.83. The molecule has 28 heavy (non-hydrogen) atoms. The number of aromatic nitrogens is 2. The van der Waals surface area contributed by atoms with Crippen LogP contribution in [0, 0.1) is 0 Å². The van der Waals surface area contributed by atoms with Gasteiger partial charge in [0.1, 0.15) is 5.82 Å². The van der Waals surface area contributed by atoms with Crippen LogP contribution in [-0.2, 0) is 14.8 Å². The van der Waals surface area contributed by atoms with Crippen molar-refractivity contribution in [3.63, 3.8) is 0 Å². The van der Waals surface area contributed by atoms with Crippen LogP contribution in [0.15, 0.2) is 48.5 Å². The Morgan fingerprint density at radius 1 is 1.07 bits per heavy atom. The van der Waals surface area contributed by atoms with Crippen molar-refractivity contribution in [2.24, 2.45) is 0 Å². The lowest BCUT2D eigenvalue weighted by Gasteiger charge is -2.26. The summed E-state index contributed by atoms with van der Waals surface area (Å²) in [5, 5.41) is 0. The van der Waals surface area contributed by atoms with E-state index in [0.717, 1.165) is 49.4 Å². The quantitative estimate of drug-likeness (QED) is 0.637. The summed E-state index contributed by atoms with van der Waals surface area (Å²) in [7, 11) is -3.45. The molecule has 3 aromatic rings. The smallest absolute Gasteiger partial charge is 0.232 e. The molecule has 4 rings (SSSR count). The minimum atomic E-state index is -3.45. The molecule has 0 bridgehead atoms. The number of benzene rings is 2. The molecular formula is C20H24N4O3S. The van der Waals surface area contributed by atoms with Gasteiger partial charge in [0.15, 0.2) is 0 Å². The molecule has 1 aliphatic heterocycles. The van der Waals surface area contributed by atoms with Gasteiger partial charge in [-0.2, -0.15) is 0 Å². The first-order valence-electron chi connectivity index (χ1n) is 9.45. The van der Waals surface area contributed by atoms with E-state index in [4.69, 9.17) is 4.74 Å². The standard InChI is InChI=1S/C20H24N4O3S/c25-28(26,15-5-10-24-11-13-27-14-12-24)23-17-7-2-1-6-16(17)20-21-18-8-3-4-9-19(18)22-20/h1-4,6-9,23H,5,10-15H2,(H,21,22). The molecule has 2 N–H and O–H groups in total. The van der Waals surface area contributed by atoms with E-state index in [9.17, 15) is 8.42 Å². The Balaban J connectivity index is 1.46. The normalized spacial score (nSPS) is 15.7. The van der Waals surface area contributed by atoms with Gasteiger partial charge in [0.05, 0.1) is 35.7 Å². The summed E-state index contributed by atoms with van der Waals surface area (Å²) in [6, 6.07) is 15.1. The summed E-state index contributed by atoms with van der Waals surface area (Å²) in [5.41, 5.74) is 3.03. The lowest BCUT2D eigenvalue weighted by molar-refractivity contribution is 0.0381. The van der Waals surface area contributed by atoms with Gasteiger partial charge in [-0.3, -0.25) is 9.62 Å². The first-order valence-corrected chi connectivity index (χ1v) is 11.1. The summed E-state index contributed by atoms with van der Waals surface area (Å²) >= 11 is 0. The van der Waals surface area contributed by atoms with Crippen LogP contribution >= 0.6 is 0 Å². The van der Waals surface area contributed by atoms with E-state index in [0.29, 0.717) is 17.9 Å². The van der Waals surface area contributed by atoms with Crippen LogP contribution in [0.25, 0.3) is 22.4 Å². The zero-order chi connectivity index (χ0) is 19.4. The Morgan fingerprint density at radius 2 is 1.82 bits per heavy atom. The largest absolute Gasteiger partial charge is 0.379 e. The molecule has 2 heterocycles. The number of aromatic amines is 1. The predicted octanol–water partition coefficient (Wildman–Crippen LogP) is 2.69. The Bertz CT molecular complexity index is 1010. The van der Waals surface area contributed by atoms with Crippen molar-refractivity contribution in [1.82, 2.24) is 14.9 Å². The Labute approximate surface area is 164 Å². The monoisotopic (exact) mass is 400 g/mol. The lowest BCUT2D eigenvalue weighted by atomic mass is 10.2. The van der Waals surface area contributed by atoms with Gasteiger partial charge in [-0.1, -0.05) is 24.3 Å². The van der Waals surface area contributed by atoms with Crippen molar-refractivity contribution in [3.05, 3.63) is 48.5 Å². The summed E-state index contributed by atoms with van der Waals surface area (Å²) in [4.78, 5) is 10.1. The number of hydrogen-bond donors (Lipinski definition) is 2. The van der Waals surface area contributed by atoms with Gasteiger partial charge in [0.2, 0.25) is 10.0 Å². The number of ether oxygens (including phenoxy) is 1. The molecule has 0 atom stereocenters. The number of hydrogen-bond acceptors (Lipinski definition) is 5. The number of anilines is 1. The number of H-pyrrole nitrogens is 1. The Morgan fingerprint density at radius 3 is 2.64 bits per heavy atom. The highest BCUT2D eigenvalue weighted by Gasteiger charge is 2.17. The van der Waals surface area contributed by atoms with Gasteiger partial charge >= 0.3 is 0 Å². The summed E-state index contributed by atoms with van der Waals surface area (Å²) < 4.78 is 33.3. The molecule has 0 unspecified atom stereocenters. The number of sulfonamides is 1. The van der Waals surface area contributed by atoms with E-state index in [1.165, 1.54) is 0 Å². The van der Waals surface area contributed by atoms with E-state index in [1.54, 1.807) is 6.07 Å². The number of nitrogens with one attached hydrogen (secondary N) is 2. The Kier molecular flexibility index (Phi) is 5.61. The molecule has 8 heteroatoms. The molecule has 0 saturated carbocycles. The molecular weight excluding hydrogens is 376 g/mol. The zero-order valence-corrected chi connectivity index (χ0v) is 16.4. The number of imidazole rings is 1. The second-order valence-electron chi connectivity index (χ2n) is 6.88. The van der Waals surface area contributed by atoms with Crippen molar-refractivity contribution in [1.29, 1.82) is 0 Å². The highest BCUT2D eigenvalue weighted by Crippen LogP contribution is 2.28. The predicted molar refractivity (Wildman–Crippen MR) is 111 cm³/mol. The molecule has 0 aliphatic carbocycles. The molecule has 1 saturated heterocycles. The van der Waals surface area contributed by atoms with Gasteiger partial charge < -0.3 is 9.72 Å². The van der Waals surface area contributed by atoms with Crippen LogP contribution in [-0.4, -0.2) is 61.9 Å². The number of para-hydroxylation sites is 3. The van der Waals surface area contributed by atoms with Crippen LogP contribution in [0.4, 0.5) is 5.69 Å². The second-order valence-corrected chi connectivity index (χ2v) is 8.72. The molecule has 1 aromatic heterocycles. The first-order chi connectivity index (χ1) is 13.6. The van der Waals surface area contributed by atoms with Crippen molar-refractivity contribution in [2.75, 3.05) is 43.3 Å². The molecule has 0 spiro atoms. The highest BCUT2D eigenvalue weighted by molar-refractivity contribution is 7.92. The van der Waals surface area contributed by atoms with Crippen LogP contribution in [0.3, 0.4) is 0 Å². The van der Waals surface area contributed by atoms with Crippen molar-refractivity contribution in [2.45, 2.75) is 6.42 Å². The number of nitrogens with zero attached hydrogens (tertiary/aromatic N) is 2. The third-order valence-corrected chi connectivity index (χ3v) is 6.19. The van der Waals surface area contributed by atoms with Crippen molar-refractivity contribution >= 4 is 26.7 Å². The van der Waals surface area contributed by atoms with E-state index < -0.39 is 10.0 Å². The minimum Gasteiger partial charge on any atom is -0.379 e. The Hall–Kier alpha value is -2.42. The van der Waals surface area contributed by atoms with E-state index in [2.05, 4.69) is 19.6 Å². The molecule has 0 radical (unpaired) electrons. The van der Waals surface area contributed by atoms with Crippen LogP contribution in [0.1, 0.15) is 6.42 Å². The van der Waals surface area contributed by atoms with Crippen LogP contribution in [0.5, 0.6) is 0 Å². The van der Waals surface area contributed by atoms with Crippen molar-refractivity contribution in [3.8, 4) is 11.4 Å². The SMILES string of the molecule is O=S(=O)(CCCN1CCOCC1)Nc1ccccc1-c1nc2ccccc2[nH]1. The molecule has 0 amide bonds. The van der Waals surface area contributed by atoms with Gasteiger partial charge in [-0.15, -0.1) is 0 Å². The fraction of sp³-hybridized carbons (Fsp3) is 0.350. The van der Waals surface area contributed by atoms with Crippen LogP contribution < -0.4 is 4.72 Å². The van der Waals surface area contributed by atoms with Crippen molar-refractivity contribution < 1.29 is 13.2 Å². The topological polar surface area (TPSA) is 87.3 Å². The van der Waals surface area contributed by atoms with E-state index in [-0.39, 0.29) is 5.75 Å². The van der Waals surface area contributed by atoms with Gasteiger partial charge in [-0.25, -0.2) is 13.4 Å².